The number of hydrogen-bond donors (Lipinski definition) is 1. The van der Waals surface area contributed by atoms with Crippen LogP contribution in [-0.2, 0) is 0 Å². The van der Waals surface area contributed by atoms with Gasteiger partial charge >= 0.3 is 0 Å². The van der Waals surface area contributed by atoms with Gasteiger partial charge < -0.3 is 14.7 Å². The van der Waals surface area contributed by atoms with Crippen molar-refractivity contribution in [2.24, 2.45) is 0 Å². The standard InChI is InChI=1S/C13H20ClNO2/c1-10(2)15(3)8-12(16)9-17-13-6-4-11(14)5-7-13/h4-7,10,12,16H,8-9H2,1-3H3. The molecule has 1 N–H and O–H groups in total. The summed E-state index contributed by atoms with van der Waals surface area (Å²) >= 11 is 5.77. The molecule has 0 spiro atoms. The Kier molecular flexibility index (Phi) is 5.75. The Morgan fingerprint density at radius 3 is 2.41 bits per heavy atom. The van der Waals surface area contributed by atoms with Crippen molar-refractivity contribution in [3.63, 3.8) is 0 Å². The van der Waals surface area contributed by atoms with Crippen LogP contribution in [0.15, 0.2) is 24.3 Å². The maximum Gasteiger partial charge on any atom is 0.119 e. The summed E-state index contributed by atoms with van der Waals surface area (Å²) in [5.41, 5.74) is 0. The number of benzene rings is 1. The van der Waals surface area contributed by atoms with Crippen molar-refractivity contribution in [1.29, 1.82) is 0 Å². The molecule has 17 heavy (non-hydrogen) atoms. The lowest BCUT2D eigenvalue weighted by atomic mass is 10.3. The molecule has 0 aromatic heterocycles. The fourth-order valence-corrected chi connectivity index (χ4v) is 1.45. The summed E-state index contributed by atoms with van der Waals surface area (Å²) in [5.74, 6) is 0.723. The lowest BCUT2D eigenvalue weighted by Crippen LogP contribution is -2.36. The Morgan fingerprint density at radius 2 is 1.88 bits per heavy atom. The molecule has 0 aliphatic rings. The van der Waals surface area contributed by atoms with Gasteiger partial charge in [0, 0.05) is 17.6 Å². The largest absolute Gasteiger partial charge is 0.491 e. The molecule has 0 radical (unpaired) electrons. The van der Waals surface area contributed by atoms with Gasteiger partial charge in [-0.25, -0.2) is 0 Å². The molecule has 3 nitrogen and oxygen atoms in total. The molecular formula is C13H20ClNO2. The molecule has 0 aliphatic carbocycles. The third-order valence-electron chi connectivity index (χ3n) is 2.64. The minimum Gasteiger partial charge on any atom is -0.491 e. The van der Waals surface area contributed by atoms with Crippen molar-refractivity contribution in [2.45, 2.75) is 26.0 Å². The van der Waals surface area contributed by atoms with Crippen LogP contribution in [0.2, 0.25) is 5.02 Å². The number of halogens is 1. The summed E-state index contributed by atoms with van der Waals surface area (Å²) in [6.07, 6.45) is -0.488. The first-order valence-electron chi connectivity index (χ1n) is 5.75. The predicted molar refractivity (Wildman–Crippen MR) is 70.7 cm³/mol. The van der Waals surface area contributed by atoms with Gasteiger partial charge in [-0.3, -0.25) is 0 Å². The molecule has 0 heterocycles. The smallest absolute Gasteiger partial charge is 0.119 e. The molecule has 4 heteroatoms. The average molecular weight is 258 g/mol. The second-order valence-corrected chi connectivity index (χ2v) is 4.89. The normalized spacial score (nSPS) is 13.1. The molecular weight excluding hydrogens is 238 g/mol. The maximum absolute atomic E-state index is 9.79. The number of aliphatic hydroxyl groups excluding tert-OH is 1. The molecule has 0 saturated carbocycles. The monoisotopic (exact) mass is 257 g/mol. The number of nitrogens with zero attached hydrogens (tertiary/aromatic N) is 1. The highest BCUT2D eigenvalue weighted by Crippen LogP contribution is 2.15. The highest BCUT2D eigenvalue weighted by molar-refractivity contribution is 6.30. The van der Waals surface area contributed by atoms with E-state index in [1.54, 1.807) is 24.3 Å². The molecule has 1 rings (SSSR count). The first-order chi connectivity index (χ1) is 7.99. The van der Waals surface area contributed by atoms with Crippen LogP contribution in [0.25, 0.3) is 0 Å². The van der Waals surface area contributed by atoms with Gasteiger partial charge in [0.2, 0.25) is 0 Å². The lowest BCUT2D eigenvalue weighted by Gasteiger charge is -2.24. The van der Waals surface area contributed by atoms with Crippen LogP contribution in [0.4, 0.5) is 0 Å². The lowest BCUT2D eigenvalue weighted by molar-refractivity contribution is 0.0678. The van der Waals surface area contributed by atoms with Crippen molar-refractivity contribution in [3.05, 3.63) is 29.3 Å². The van der Waals surface area contributed by atoms with E-state index >= 15 is 0 Å². The molecule has 0 amide bonds. The van der Waals surface area contributed by atoms with Gasteiger partial charge in [0.05, 0.1) is 0 Å². The molecule has 96 valence electrons. The Morgan fingerprint density at radius 1 is 1.29 bits per heavy atom. The van der Waals surface area contributed by atoms with Crippen LogP contribution in [0.5, 0.6) is 5.75 Å². The Bertz CT molecular complexity index is 327. The van der Waals surface area contributed by atoms with E-state index in [-0.39, 0.29) is 0 Å². The zero-order chi connectivity index (χ0) is 12.8. The van der Waals surface area contributed by atoms with E-state index < -0.39 is 6.10 Å². The van der Waals surface area contributed by atoms with E-state index in [9.17, 15) is 5.11 Å². The zero-order valence-electron chi connectivity index (χ0n) is 10.6. The fraction of sp³-hybridized carbons (Fsp3) is 0.538. The molecule has 0 saturated heterocycles. The van der Waals surface area contributed by atoms with Gasteiger partial charge in [0.25, 0.3) is 0 Å². The van der Waals surface area contributed by atoms with Crippen LogP contribution < -0.4 is 4.74 Å². The molecule has 1 unspecified atom stereocenters. The number of ether oxygens (including phenoxy) is 1. The summed E-state index contributed by atoms with van der Waals surface area (Å²) in [5, 5.41) is 10.5. The van der Waals surface area contributed by atoms with Gasteiger partial charge in [-0.1, -0.05) is 11.6 Å². The zero-order valence-corrected chi connectivity index (χ0v) is 11.3. The molecule has 0 fully saturated rings. The third-order valence-corrected chi connectivity index (χ3v) is 2.89. The Hall–Kier alpha value is -0.770. The van der Waals surface area contributed by atoms with Crippen molar-refractivity contribution in [2.75, 3.05) is 20.2 Å². The average Bonchev–Trinajstić information content (AvgIpc) is 2.28. The summed E-state index contributed by atoms with van der Waals surface area (Å²) in [4.78, 5) is 2.08. The highest BCUT2D eigenvalue weighted by atomic mass is 35.5. The van der Waals surface area contributed by atoms with Gasteiger partial charge in [-0.2, -0.15) is 0 Å². The maximum atomic E-state index is 9.79. The van der Waals surface area contributed by atoms with Crippen LogP contribution in [-0.4, -0.2) is 42.4 Å². The van der Waals surface area contributed by atoms with Crippen LogP contribution in [0, 0.1) is 0 Å². The minimum absolute atomic E-state index is 0.290. The van der Waals surface area contributed by atoms with E-state index in [0.717, 1.165) is 5.75 Å². The number of rotatable bonds is 6. The molecule has 0 bridgehead atoms. The van der Waals surface area contributed by atoms with Crippen LogP contribution in [0.3, 0.4) is 0 Å². The summed E-state index contributed by atoms with van der Waals surface area (Å²) < 4.78 is 5.47. The number of hydrogen-bond acceptors (Lipinski definition) is 3. The summed E-state index contributed by atoms with van der Waals surface area (Å²) in [7, 11) is 1.98. The van der Waals surface area contributed by atoms with Gasteiger partial charge in [-0.15, -0.1) is 0 Å². The van der Waals surface area contributed by atoms with E-state index in [0.29, 0.717) is 24.2 Å². The van der Waals surface area contributed by atoms with Crippen molar-refractivity contribution < 1.29 is 9.84 Å². The van der Waals surface area contributed by atoms with E-state index in [1.165, 1.54) is 0 Å². The quantitative estimate of drug-likeness (QED) is 0.850. The number of aliphatic hydroxyl groups is 1. The van der Waals surface area contributed by atoms with Crippen molar-refractivity contribution >= 4 is 11.6 Å². The van der Waals surface area contributed by atoms with E-state index in [1.807, 2.05) is 7.05 Å². The van der Waals surface area contributed by atoms with Crippen LogP contribution in [0.1, 0.15) is 13.8 Å². The van der Waals surface area contributed by atoms with E-state index in [2.05, 4.69) is 18.7 Å². The first-order valence-corrected chi connectivity index (χ1v) is 6.13. The highest BCUT2D eigenvalue weighted by Gasteiger charge is 2.11. The topological polar surface area (TPSA) is 32.7 Å². The molecule has 1 aromatic carbocycles. The first kappa shape index (κ1) is 14.3. The SMILES string of the molecule is CC(C)N(C)CC(O)COc1ccc(Cl)cc1. The predicted octanol–water partition coefficient (Wildman–Crippen LogP) is 2.42. The third kappa shape index (κ3) is 5.39. The van der Waals surface area contributed by atoms with Crippen molar-refractivity contribution in [1.82, 2.24) is 4.90 Å². The van der Waals surface area contributed by atoms with Gasteiger partial charge in [-0.05, 0) is 45.2 Å². The number of likely N-dealkylation sites (N-methyl/N-ethyl adjacent to an activating group) is 1. The van der Waals surface area contributed by atoms with Crippen LogP contribution >= 0.6 is 11.6 Å². The van der Waals surface area contributed by atoms with Gasteiger partial charge in [0.1, 0.15) is 18.5 Å². The summed E-state index contributed by atoms with van der Waals surface area (Å²) in [6.45, 7) is 5.07. The molecule has 1 atom stereocenters. The Labute approximate surface area is 108 Å². The van der Waals surface area contributed by atoms with Crippen molar-refractivity contribution in [3.8, 4) is 5.75 Å². The second-order valence-electron chi connectivity index (χ2n) is 4.45. The van der Waals surface area contributed by atoms with E-state index in [4.69, 9.17) is 16.3 Å². The fourth-order valence-electron chi connectivity index (χ4n) is 1.32. The van der Waals surface area contributed by atoms with Gasteiger partial charge in [0.15, 0.2) is 0 Å². The molecule has 0 aliphatic heterocycles. The minimum atomic E-state index is -0.488. The second kappa shape index (κ2) is 6.84. The Balaban J connectivity index is 2.33. The molecule has 1 aromatic rings. The summed E-state index contributed by atoms with van der Waals surface area (Å²) in [6, 6.07) is 7.54.